The molecule has 2 aromatic heterocycles. The van der Waals surface area contributed by atoms with Crippen molar-refractivity contribution in [2.24, 2.45) is 0 Å². The van der Waals surface area contributed by atoms with Crippen molar-refractivity contribution in [1.82, 2.24) is 19.9 Å². The molecule has 1 aromatic carbocycles. The van der Waals surface area contributed by atoms with Gasteiger partial charge in [-0.05, 0) is 30.3 Å². The molecular weight excluding hydrogens is 409 g/mol. The number of carbonyl (C=O) groups excluding carboxylic acids is 1. The molecule has 0 unspecified atom stereocenters. The summed E-state index contributed by atoms with van der Waals surface area (Å²) < 4.78 is 39.8. The lowest BCUT2D eigenvalue weighted by molar-refractivity contribution is -0.137. The normalized spacial score (nSPS) is 15.1. The highest BCUT2D eigenvalue weighted by molar-refractivity contribution is 6.04. The molecule has 1 saturated heterocycles. The van der Waals surface area contributed by atoms with Crippen molar-refractivity contribution in [2.75, 3.05) is 36.4 Å². The van der Waals surface area contributed by atoms with E-state index in [9.17, 15) is 18.0 Å². The number of piperazine rings is 1. The van der Waals surface area contributed by atoms with Crippen molar-refractivity contribution in [3.8, 4) is 0 Å². The number of benzene rings is 1. The topological polar surface area (TPSA) is 77.2 Å². The van der Waals surface area contributed by atoms with Crippen LogP contribution in [0.15, 0.2) is 55.1 Å². The Hall–Kier alpha value is -3.40. The lowest BCUT2D eigenvalue weighted by atomic mass is 10.1. The van der Waals surface area contributed by atoms with Crippen LogP contribution in [0.25, 0.3) is 0 Å². The van der Waals surface area contributed by atoms with E-state index in [1.54, 1.807) is 24.7 Å². The van der Waals surface area contributed by atoms with E-state index < -0.39 is 17.6 Å². The predicted molar refractivity (Wildman–Crippen MR) is 110 cm³/mol. The van der Waals surface area contributed by atoms with E-state index >= 15 is 0 Å². The van der Waals surface area contributed by atoms with E-state index in [0.717, 1.165) is 37.5 Å². The van der Waals surface area contributed by atoms with Crippen LogP contribution in [-0.2, 0) is 12.7 Å². The SMILES string of the molecule is O=C(Nc1cc(C(F)(F)F)ccc1N1CCN(Cc2cnc[nH]2)CC1)c1ccccn1. The summed E-state index contributed by atoms with van der Waals surface area (Å²) in [5.74, 6) is -0.556. The quantitative estimate of drug-likeness (QED) is 0.649. The van der Waals surface area contributed by atoms with Gasteiger partial charge in [-0.1, -0.05) is 6.07 Å². The van der Waals surface area contributed by atoms with Crippen LogP contribution in [0.3, 0.4) is 0 Å². The second-order valence-corrected chi connectivity index (χ2v) is 7.24. The van der Waals surface area contributed by atoms with Gasteiger partial charge in [-0.3, -0.25) is 14.7 Å². The summed E-state index contributed by atoms with van der Waals surface area (Å²) in [4.78, 5) is 27.8. The number of carbonyl (C=O) groups is 1. The molecule has 0 saturated carbocycles. The minimum atomic E-state index is -4.51. The molecule has 162 valence electrons. The zero-order valence-corrected chi connectivity index (χ0v) is 16.6. The second kappa shape index (κ2) is 8.76. The second-order valence-electron chi connectivity index (χ2n) is 7.24. The highest BCUT2D eigenvalue weighted by atomic mass is 19.4. The predicted octanol–water partition coefficient (Wildman–Crippen LogP) is 3.40. The van der Waals surface area contributed by atoms with Crippen LogP contribution in [0.5, 0.6) is 0 Å². The first-order valence-electron chi connectivity index (χ1n) is 9.78. The standard InChI is InChI=1S/C21H21F3N6O/c22-21(23,24)15-4-5-19(18(11-15)28-20(31)17-3-1-2-6-26-17)30-9-7-29(8-10-30)13-16-12-25-14-27-16/h1-6,11-12,14H,7-10,13H2,(H,25,27)(H,28,31). The third-order valence-electron chi connectivity index (χ3n) is 5.13. The molecule has 0 spiro atoms. The fourth-order valence-electron chi connectivity index (χ4n) is 3.53. The average Bonchev–Trinajstić information content (AvgIpc) is 3.27. The number of pyridine rings is 1. The number of imidazole rings is 1. The third kappa shape index (κ3) is 5.02. The van der Waals surface area contributed by atoms with Gasteiger partial charge in [0.25, 0.3) is 5.91 Å². The van der Waals surface area contributed by atoms with Crippen LogP contribution in [-0.4, -0.2) is 51.9 Å². The van der Waals surface area contributed by atoms with Gasteiger partial charge in [-0.2, -0.15) is 13.2 Å². The number of halogens is 3. The highest BCUT2D eigenvalue weighted by Gasteiger charge is 2.32. The van der Waals surface area contributed by atoms with Gasteiger partial charge in [0.05, 0.1) is 23.3 Å². The number of anilines is 2. The van der Waals surface area contributed by atoms with E-state index in [-0.39, 0.29) is 11.4 Å². The molecule has 2 N–H and O–H groups in total. The fraction of sp³-hybridized carbons (Fsp3) is 0.286. The van der Waals surface area contributed by atoms with Crippen molar-refractivity contribution < 1.29 is 18.0 Å². The van der Waals surface area contributed by atoms with E-state index in [1.165, 1.54) is 18.3 Å². The molecule has 3 aromatic rings. The molecule has 10 heteroatoms. The first-order chi connectivity index (χ1) is 14.9. The van der Waals surface area contributed by atoms with Crippen molar-refractivity contribution in [1.29, 1.82) is 0 Å². The Morgan fingerprint density at radius 2 is 1.94 bits per heavy atom. The summed E-state index contributed by atoms with van der Waals surface area (Å²) in [7, 11) is 0. The van der Waals surface area contributed by atoms with Crippen LogP contribution in [0.2, 0.25) is 0 Å². The smallest absolute Gasteiger partial charge is 0.367 e. The van der Waals surface area contributed by atoms with Crippen LogP contribution in [0.1, 0.15) is 21.7 Å². The summed E-state index contributed by atoms with van der Waals surface area (Å²) >= 11 is 0. The van der Waals surface area contributed by atoms with Gasteiger partial charge in [0.15, 0.2) is 0 Å². The number of rotatable bonds is 5. The monoisotopic (exact) mass is 430 g/mol. The van der Waals surface area contributed by atoms with E-state index in [4.69, 9.17) is 0 Å². The number of aromatic nitrogens is 3. The Bertz CT molecular complexity index is 1020. The average molecular weight is 430 g/mol. The Morgan fingerprint density at radius 1 is 1.13 bits per heavy atom. The molecule has 3 heterocycles. The zero-order valence-electron chi connectivity index (χ0n) is 16.6. The van der Waals surface area contributed by atoms with E-state index in [0.29, 0.717) is 18.8 Å². The molecule has 7 nitrogen and oxygen atoms in total. The minimum Gasteiger partial charge on any atom is -0.367 e. The molecule has 31 heavy (non-hydrogen) atoms. The number of nitrogens with one attached hydrogen (secondary N) is 2. The van der Waals surface area contributed by atoms with Crippen molar-refractivity contribution in [2.45, 2.75) is 12.7 Å². The van der Waals surface area contributed by atoms with Crippen molar-refractivity contribution in [3.05, 3.63) is 72.1 Å². The molecule has 1 amide bonds. The molecular formula is C21H21F3N6O. The van der Waals surface area contributed by atoms with Crippen molar-refractivity contribution in [3.63, 3.8) is 0 Å². The maximum atomic E-state index is 13.3. The lowest BCUT2D eigenvalue weighted by Gasteiger charge is -2.36. The Labute approximate surface area is 176 Å². The van der Waals surface area contributed by atoms with Crippen LogP contribution < -0.4 is 10.2 Å². The molecule has 0 aliphatic carbocycles. The molecule has 1 aliphatic heterocycles. The number of alkyl halides is 3. The Morgan fingerprint density at radius 3 is 2.58 bits per heavy atom. The zero-order chi connectivity index (χ0) is 21.8. The van der Waals surface area contributed by atoms with E-state index in [1.807, 2.05) is 4.90 Å². The largest absolute Gasteiger partial charge is 0.416 e. The number of nitrogens with zero attached hydrogens (tertiary/aromatic N) is 4. The molecule has 4 rings (SSSR count). The summed E-state index contributed by atoms with van der Waals surface area (Å²) in [5, 5.41) is 2.61. The number of H-pyrrole nitrogens is 1. The number of hydrogen-bond acceptors (Lipinski definition) is 5. The molecule has 0 radical (unpaired) electrons. The van der Waals surface area contributed by atoms with Crippen molar-refractivity contribution >= 4 is 17.3 Å². The fourth-order valence-corrected chi connectivity index (χ4v) is 3.53. The molecule has 1 aliphatic rings. The summed E-state index contributed by atoms with van der Waals surface area (Å²) in [6, 6.07) is 8.26. The number of aromatic amines is 1. The number of hydrogen-bond donors (Lipinski definition) is 2. The Balaban J connectivity index is 1.53. The van der Waals surface area contributed by atoms with Crippen LogP contribution >= 0.6 is 0 Å². The van der Waals surface area contributed by atoms with Gasteiger partial charge in [0, 0.05) is 50.8 Å². The Kier molecular flexibility index (Phi) is 5.90. The summed E-state index contributed by atoms with van der Waals surface area (Å²) in [6.45, 7) is 3.42. The van der Waals surface area contributed by atoms with Gasteiger partial charge in [-0.15, -0.1) is 0 Å². The molecule has 0 bridgehead atoms. The molecule has 0 atom stereocenters. The molecule has 1 fully saturated rings. The number of amides is 1. The first kappa shape index (κ1) is 20.9. The maximum absolute atomic E-state index is 13.3. The minimum absolute atomic E-state index is 0.118. The summed E-state index contributed by atoms with van der Waals surface area (Å²) in [6.07, 6.45) is 0.352. The first-order valence-corrected chi connectivity index (χ1v) is 9.78. The van der Waals surface area contributed by atoms with Gasteiger partial charge >= 0.3 is 6.18 Å². The third-order valence-corrected chi connectivity index (χ3v) is 5.13. The van der Waals surface area contributed by atoms with Gasteiger partial charge < -0.3 is 15.2 Å². The maximum Gasteiger partial charge on any atom is 0.416 e. The van der Waals surface area contributed by atoms with Gasteiger partial charge in [-0.25, -0.2) is 4.98 Å². The summed E-state index contributed by atoms with van der Waals surface area (Å²) in [5.41, 5.74) is 0.998. The van der Waals surface area contributed by atoms with E-state index in [2.05, 4.69) is 25.2 Å². The lowest BCUT2D eigenvalue weighted by Crippen LogP contribution is -2.46. The van der Waals surface area contributed by atoms with Gasteiger partial charge in [0.2, 0.25) is 0 Å². The van der Waals surface area contributed by atoms with Gasteiger partial charge in [0.1, 0.15) is 5.69 Å². The van der Waals surface area contributed by atoms with Crippen LogP contribution in [0.4, 0.5) is 24.5 Å². The van der Waals surface area contributed by atoms with Crippen LogP contribution in [0, 0.1) is 0 Å². The highest BCUT2D eigenvalue weighted by Crippen LogP contribution is 2.36.